The van der Waals surface area contributed by atoms with Crippen molar-refractivity contribution in [3.05, 3.63) is 70.1 Å². The summed E-state index contributed by atoms with van der Waals surface area (Å²) >= 11 is 0.830. The number of imide groups is 1. The highest BCUT2D eigenvalue weighted by Crippen LogP contribution is 2.34. The number of aromatic hydroxyl groups is 1. The summed E-state index contributed by atoms with van der Waals surface area (Å²) in [5, 5.41) is 9.43. The maximum atomic E-state index is 12.5. The molecule has 1 N–H and O–H groups in total. The van der Waals surface area contributed by atoms with E-state index < -0.39 is 11.9 Å². The van der Waals surface area contributed by atoms with Gasteiger partial charge in [-0.05, 0) is 41.6 Å². The zero-order valence-corrected chi connectivity index (χ0v) is 14.7. The number of para-hydroxylation sites is 1. The van der Waals surface area contributed by atoms with E-state index in [4.69, 9.17) is 0 Å². The van der Waals surface area contributed by atoms with Crippen molar-refractivity contribution in [2.75, 3.05) is 7.11 Å². The van der Waals surface area contributed by atoms with Crippen molar-refractivity contribution in [2.45, 2.75) is 6.54 Å². The molecule has 6 nitrogen and oxygen atoms in total. The predicted octanol–water partition coefficient (Wildman–Crippen LogP) is 3.42. The van der Waals surface area contributed by atoms with E-state index in [0.29, 0.717) is 16.7 Å². The summed E-state index contributed by atoms with van der Waals surface area (Å²) in [4.78, 5) is 37.5. The molecule has 2 amide bonds. The molecule has 26 heavy (non-hydrogen) atoms. The van der Waals surface area contributed by atoms with Crippen LogP contribution in [0, 0.1) is 0 Å². The normalized spacial score (nSPS) is 15.6. The highest BCUT2D eigenvalue weighted by Gasteiger charge is 2.35. The number of benzene rings is 2. The van der Waals surface area contributed by atoms with Crippen LogP contribution in [0.4, 0.5) is 4.79 Å². The van der Waals surface area contributed by atoms with E-state index >= 15 is 0 Å². The number of ether oxygens (including phenoxy) is 1. The summed E-state index contributed by atoms with van der Waals surface area (Å²) in [6, 6.07) is 13.1. The van der Waals surface area contributed by atoms with Crippen LogP contribution in [0.3, 0.4) is 0 Å². The molecular weight excluding hydrogens is 354 g/mol. The lowest BCUT2D eigenvalue weighted by atomic mass is 10.1. The molecule has 0 radical (unpaired) electrons. The number of amides is 2. The smallest absolute Gasteiger partial charge is 0.337 e. The van der Waals surface area contributed by atoms with Gasteiger partial charge in [0, 0.05) is 5.56 Å². The third-order valence-electron chi connectivity index (χ3n) is 3.81. The van der Waals surface area contributed by atoms with Gasteiger partial charge in [-0.15, -0.1) is 0 Å². The number of carbonyl (C=O) groups is 3. The fourth-order valence-corrected chi connectivity index (χ4v) is 3.26. The monoisotopic (exact) mass is 369 g/mol. The summed E-state index contributed by atoms with van der Waals surface area (Å²) in [5.41, 5.74) is 1.58. The first-order valence-electron chi connectivity index (χ1n) is 7.70. The van der Waals surface area contributed by atoms with Crippen LogP contribution < -0.4 is 0 Å². The average Bonchev–Trinajstić information content (AvgIpc) is 2.91. The number of carbonyl (C=O) groups excluding carboxylic acids is 3. The number of esters is 1. The number of thioether (sulfide) groups is 1. The van der Waals surface area contributed by atoms with Gasteiger partial charge in [-0.3, -0.25) is 14.5 Å². The molecule has 0 atom stereocenters. The molecule has 0 saturated carbocycles. The Morgan fingerprint density at radius 2 is 1.85 bits per heavy atom. The first-order valence-corrected chi connectivity index (χ1v) is 8.52. The molecule has 1 aliphatic rings. The van der Waals surface area contributed by atoms with Gasteiger partial charge in [0.05, 0.1) is 24.1 Å². The lowest BCUT2D eigenvalue weighted by Gasteiger charge is -2.12. The van der Waals surface area contributed by atoms with Crippen LogP contribution in [0.5, 0.6) is 5.75 Å². The predicted molar refractivity (Wildman–Crippen MR) is 97.4 cm³/mol. The largest absolute Gasteiger partial charge is 0.507 e. The third-order valence-corrected chi connectivity index (χ3v) is 4.72. The Hall–Kier alpha value is -3.06. The SMILES string of the molecule is COC(=O)c1ccc(CN2C(=O)S/C(=C\c3ccccc3O)C2=O)cc1. The van der Waals surface area contributed by atoms with Crippen LogP contribution in [0.25, 0.3) is 6.08 Å². The lowest BCUT2D eigenvalue weighted by molar-refractivity contribution is -0.123. The summed E-state index contributed by atoms with van der Waals surface area (Å²) < 4.78 is 4.64. The van der Waals surface area contributed by atoms with Crippen LogP contribution in [-0.2, 0) is 16.1 Å². The standard InChI is InChI=1S/C19H15NO5S/c1-25-18(23)13-8-6-12(7-9-13)11-20-17(22)16(26-19(20)24)10-14-4-2-3-5-15(14)21/h2-10,21H,11H2,1H3/b16-10-. The summed E-state index contributed by atoms with van der Waals surface area (Å²) in [5.74, 6) is -0.827. The molecule has 0 bridgehead atoms. The second-order valence-corrected chi connectivity index (χ2v) is 6.51. The molecule has 1 heterocycles. The minimum Gasteiger partial charge on any atom is -0.507 e. The third kappa shape index (κ3) is 3.62. The number of nitrogens with zero attached hydrogens (tertiary/aromatic N) is 1. The van der Waals surface area contributed by atoms with Crippen molar-refractivity contribution >= 4 is 35.0 Å². The molecule has 132 valence electrons. The molecule has 2 aromatic carbocycles. The van der Waals surface area contributed by atoms with Gasteiger partial charge in [-0.25, -0.2) is 4.79 Å². The van der Waals surface area contributed by atoms with E-state index in [1.54, 1.807) is 42.5 Å². The van der Waals surface area contributed by atoms with E-state index in [9.17, 15) is 19.5 Å². The van der Waals surface area contributed by atoms with Gasteiger partial charge in [0.25, 0.3) is 11.1 Å². The number of rotatable bonds is 4. The van der Waals surface area contributed by atoms with Gasteiger partial charge in [-0.1, -0.05) is 30.3 Å². The average molecular weight is 369 g/mol. The minimum absolute atomic E-state index is 0.0395. The van der Waals surface area contributed by atoms with Gasteiger partial charge in [0.1, 0.15) is 5.75 Å². The van der Waals surface area contributed by atoms with Gasteiger partial charge >= 0.3 is 5.97 Å². The Balaban J connectivity index is 1.77. The van der Waals surface area contributed by atoms with E-state index in [1.165, 1.54) is 19.3 Å². The minimum atomic E-state index is -0.451. The Morgan fingerprint density at radius 3 is 2.50 bits per heavy atom. The van der Waals surface area contributed by atoms with E-state index in [-0.39, 0.29) is 22.4 Å². The van der Waals surface area contributed by atoms with Gasteiger partial charge in [0.15, 0.2) is 0 Å². The van der Waals surface area contributed by atoms with Crippen LogP contribution in [0.15, 0.2) is 53.4 Å². The summed E-state index contributed by atoms with van der Waals surface area (Å²) in [6.45, 7) is 0.101. The zero-order valence-electron chi connectivity index (χ0n) is 13.8. The fourth-order valence-electron chi connectivity index (χ4n) is 2.43. The molecule has 7 heteroatoms. The first kappa shape index (κ1) is 17.8. The van der Waals surface area contributed by atoms with Crippen molar-refractivity contribution in [1.82, 2.24) is 4.90 Å². The highest BCUT2D eigenvalue weighted by molar-refractivity contribution is 8.18. The van der Waals surface area contributed by atoms with Crippen molar-refractivity contribution in [3.63, 3.8) is 0 Å². The molecule has 0 aromatic heterocycles. The molecule has 0 aliphatic carbocycles. The number of hydrogen-bond donors (Lipinski definition) is 1. The second kappa shape index (κ2) is 7.45. The highest BCUT2D eigenvalue weighted by atomic mass is 32.2. The number of phenolic OH excluding ortho intramolecular Hbond substituents is 1. The summed E-state index contributed by atoms with van der Waals surface area (Å²) in [7, 11) is 1.30. The molecule has 1 aliphatic heterocycles. The van der Waals surface area contributed by atoms with E-state index in [0.717, 1.165) is 16.7 Å². The lowest BCUT2D eigenvalue weighted by Crippen LogP contribution is -2.27. The van der Waals surface area contributed by atoms with Crippen molar-refractivity contribution < 1.29 is 24.2 Å². The van der Waals surface area contributed by atoms with Gasteiger partial charge in [0.2, 0.25) is 0 Å². The quantitative estimate of drug-likeness (QED) is 0.657. The first-order chi connectivity index (χ1) is 12.5. The van der Waals surface area contributed by atoms with Gasteiger partial charge < -0.3 is 9.84 Å². The maximum Gasteiger partial charge on any atom is 0.337 e. The van der Waals surface area contributed by atoms with Gasteiger partial charge in [-0.2, -0.15) is 0 Å². The number of hydrogen-bond acceptors (Lipinski definition) is 6. The topological polar surface area (TPSA) is 83.9 Å². The number of methoxy groups -OCH3 is 1. The van der Waals surface area contributed by atoms with Crippen LogP contribution in [0.2, 0.25) is 0 Å². The Morgan fingerprint density at radius 1 is 1.15 bits per heavy atom. The van der Waals surface area contributed by atoms with Crippen molar-refractivity contribution in [1.29, 1.82) is 0 Å². The number of phenols is 1. The zero-order chi connectivity index (χ0) is 18.7. The molecular formula is C19H15NO5S. The Labute approximate surface area is 154 Å². The maximum absolute atomic E-state index is 12.5. The Bertz CT molecular complexity index is 904. The second-order valence-electron chi connectivity index (χ2n) is 5.52. The van der Waals surface area contributed by atoms with Crippen molar-refractivity contribution in [2.24, 2.45) is 0 Å². The van der Waals surface area contributed by atoms with E-state index in [1.807, 2.05) is 0 Å². The van der Waals surface area contributed by atoms with E-state index in [2.05, 4.69) is 4.74 Å². The molecule has 2 aromatic rings. The molecule has 0 spiro atoms. The van der Waals surface area contributed by atoms with Crippen LogP contribution >= 0.6 is 11.8 Å². The molecule has 0 unspecified atom stereocenters. The molecule has 1 saturated heterocycles. The Kier molecular flexibility index (Phi) is 5.09. The van der Waals surface area contributed by atoms with Crippen LogP contribution in [-0.4, -0.2) is 34.2 Å². The molecule has 3 rings (SSSR count). The fraction of sp³-hybridized carbons (Fsp3) is 0.105. The molecule has 1 fully saturated rings. The summed E-state index contributed by atoms with van der Waals surface area (Å²) in [6.07, 6.45) is 1.50. The van der Waals surface area contributed by atoms with Crippen molar-refractivity contribution in [3.8, 4) is 5.75 Å². The van der Waals surface area contributed by atoms with Crippen LogP contribution in [0.1, 0.15) is 21.5 Å².